The third-order valence-corrected chi connectivity index (χ3v) is 3.77. The van der Waals surface area contributed by atoms with E-state index in [1.807, 2.05) is 20.8 Å². The maximum Gasteiger partial charge on any atom is 0.311 e. The van der Waals surface area contributed by atoms with Crippen LogP contribution in [-0.2, 0) is 9.59 Å². The number of methoxy groups -OCH3 is 1. The van der Waals surface area contributed by atoms with Gasteiger partial charge in [0, 0.05) is 23.9 Å². The van der Waals surface area contributed by atoms with Crippen molar-refractivity contribution >= 4 is 23.2 Å². The summed E-state index contributed by atoms with van der Waals surface area (Å²) in [5.41, 5.74) is 0.843. The number of ether oxygens (including phenoxy) is 1. The number of hydrogen-bond donors (Lipinski definition) is 3. The van der Waals surface area contributed by atoms with Gasteiger partial charge in [-0.15, -0.1) is 0 Å². The van der Waals surface area contributed by atoms with Gasteiger partial charge < -0.3 is 20.3 Å². The number of nitro benzene ring substituents is 1. The fourth-order valence-corrected chi connectivity index (χ4v) is 2.45. The number of nitrogens with zero attached hydrogens (tertiary/aromatic N) is 1. The second kappa shape index (κ2) is 9.71. The number of benzene rings is 1. The van der Waals surface area contributed by atoms with Crippen molar-refractivity contribution in [2.45, 2.75) is 33.7 Å². The third-order valence-electron chi connectivity index (χ3n) is 3.77. The van der Waals surface area contributed by atoms with Crippen LogP contribution in [0.15, 0.2) is 12.1 Å². The number of carbonyl (C=O) groups is 2. The molecule has 0 fully saturated rings. The van der Waals surface area contributed by atoms with Crippen LogP contribution < -0.4 is 20.3 Å². The molecule has 0 saturated carbocycles. The van der Waals surface area contributed by atoms with Crippen molar-refractivity contribution < 1.29 is 24.1 Å². The maximum atomic E-state index is 12.3. The predicted octanol–water partition coefficient (Wildman–Crippen LogP) is 0.280. The Morgan fingerprint density at radius 3 is 2.38 bits per heavy atom. The molecule has 1 aromatic carbocycles. The van der Waals surface area contributed by atoms with Crippen molar-refractivity contribution in [2.24, 2.45) is 0 Å². The Labute approximate surface area is 152 Å². The summed E-state index contributed by atoms with van der Waals surface area (Å²) in [7, 11) is 1.33. The standard InChI is InChI=1S/C17H26N4O5/c1-6-20(9-16(22)18-11(2)3)10-17(23)19-13-8-15(26-5)14(21(24)25)7-12(13)4/h7-8,11H,6,9-10H2,1-5H3,(H,18,22)(H,19,23)/p+1. The fourth-order valence-electron chi connectivity index (χ4n) is 2.45. The Morgan fingerprint density at radius 1 is 1.27 bits per heavy atom. The monoisotopic (exact) mass is 367 g/mol. The molecule has 0 saturated heterocycles. The lowest BCUT2D eigenvalue weighted by Gasteiger charge is -2.18. The number of rotatable bonds is 9. The number of anilines is 1. The molecule has 0 aliphatic heterocycles. The van der Waals surface area contributed by atoms with Crippen LogP contribution >= 0.6 is 0 Å². The largest absolute Gasteiger partial charge is 0.490 e. The summed E-state index contributed by atoms with van der Waals surface area (Å²) < 4.78 is 5.02. The topological polar surface area (TPSA) is 115 Å². The summed E-state index contributed by atoms with van der Waals surface area (Å²) in [4.78, 5) is 35.5. The van der Waals surface area contributed by atoms with E-state index >= 15 is 0 Å². The van der Waals surface area contributed by atoms with Crippen molar-refractivity contribution in [1.29, 1.82) is 0 Å². The van der Waals surface area contributed by atoms with Gasteiger partial charge in [0.25, 0.3) is 11.8 Å². The van der Waals surface area contributed by atoms with Gasteiger partial charge in [-0.3, -0.25) is 19.7 Å². The average Bonchev–Trinajstić information content (AvgIpc) is 2.54. The number of nitrogens with one attached hydrogen (secondary N) is 3. The Balaban J connectivity index is 2.80. The molecule has 2 amide bonds. The molecule has 0 aliphatic carbocycles. The van der Waals surface area contributed by atoms with Gasteiger partial charge in [0.05, 0.1) is 18.6 Å². The molecular formula is C17H27N4O5+. The second-order valence-electron chi connectivity index (χ2n) is 6.32. The van der Waals surface area contributed by atoms with Crippen molar-refractivity contribution in [3.05, 3.63) is 27.8 Å². The molecule has 0 spiro atoms. The van der Waals surface area contributed by atoms with E-state index in [0.717, 1.165) is 4.90 Å². The van der Waals surface area contributed by atoms with E-state index in [1.54, 1.807) is 6.92 Å². The third kappa shape index (κ3) is 6.32. The molecule has 0 aliphatic rings. The van der Waals surface area contributed by atoms with Crippen molar-refractivity contribution in [3.63, 3.8) is 0 Å². The molecule has 0 radical (unpaired) electrons. The van der Waals surface area contributed by atoms with E-state index in [4.69, 9.17) is 4.74 Å². The molecule has 1 atom stereocenters. The molecular weight excluding hydrogens is 340 g/mol. The van der Waals surface area contributed by atoms with Crippen LogP contribution in [0.3, 0.4) is 0 Å². The first kappa shape index (κ1) is 21.4. The molecule has 9 heteroatoms. The summed E-state index contributed by atoms with van der Waals surface area (Å²) in [6.45, 7) is 8.24. The lowest BCUT2D eigenvalue weighted by atomic mass is 10.1. The highest BCUT2D eigenvalue weighted by atomic mass is 16.6. The summed E-state index contributed by atoms with van der Waals surface area (Å²) in [5.74, 6) is -0.317. The molecule has 1 unspecified atom stereocenters. The van der Waals surface area contributed by atoms with Crippen molar-refractivity contribution in [2.75, 3.05) is 32.1 Å². The molecule has 0 aromatic heterocycles. The highest BCUT2D eigenvalue weighted by Gasteiger charge is 2.21. The van der Waals surface area contributed by atoms with Crippen LogP contribution in [0.4, 0.5) is 11.4 Å². The summed E-state index contributed by atoms with van der Waals surface area (Å²) in [6, 6.07) is 2.84. The summed E-state index contributed by atoms with van der Waals surface area (Å²) >= 11 is 0. The van der Waals surface area contributed by atoms with E-state index in [2.05, 4.69) is 10.6 Å². The number of carbonyl (C=O) groups excluding carboxylic acids is 2. The first-order valence-corrected chi connectivity index (χ1v) is 8.43. The Hall–Kier alpha value is -2.68. The van der Waals surface area contributed by atoms with Crippen LogP contribution in [0.2, 0.25) is 0 Å². The number of hydrogen-bond acceptors (Lipinski definition) is 5. The molecule has 0 bridgehead atoms. The Kier molecular flexibility index (Phi) is 7.98. The number of likely N-dealkylation sites (N-methyl/N-ethyl adjacent to an activating group) is 1. The lowest BCUT2D eigenvalue weighted by Crippen LogP contribution is -3.14. The Morgan fingerprint density at radius 2 is 1.88 bits per heavy atom. The minimum absolute atomic E-state index is 0.0460. The number of aryl methyl sites for hydroxylation is 1. The van der Waals surface area contributed by atoms with Crippen molar-refractivity contribution in [1.82, 2.24) is 5.32 Å². The zero-order valence-corrected chi connectivity index (χ0v) is 15.8. The zero-order valence-electron chi connectivity index (χ0n) is 15.8. The van der Waals surface area contributed by atoms with Gasteiger partial charge in [-0.2, -0.15) is 0 Å². The summed E-state index contributed by atoms with van der Waals surface area (Å²) in [6.07, 6.45) is 0. The lowest BCUT2D eigenvalue weighted by molar-refractivity contribution is -0.881. The van der Waals surface area contributed by atoms with Crippen LogP contribution in [0, 0.1) is 17.0 Å². The predicted molar refractivity (Wildman–Crippen MR) is 97.5 cm³/mol. The van der Waals surface area contributed by atoms with Crippen LogP contribution in [-0.4, -0.2) is 49.5 Å². The number of nitro groups is 1. The first-order chi connectivity index (χ1) is 12.2. The highest BCUT2D eigenvalue weighted by molar-refractivity contribution is 5.93. The minimum atomic E-state index is -0.534. The van der Waals surface area contributed by atoms with Gasteiger partial charge in [0.15, 0.2) is 18.8 Å². The second-order valence-corrected chi connectivity index (χ2v) is 6.32. The normalized spacial score (nSPS) is 11.8. The quantitative estimate of drug-likeness (QED) is 0.428. The van der Waals surface area contributed by atoms with Gasteiger partial charge in [-0.05, 0) is 33.3 Å². The van der Waals surface area contributed by atoms with Gasteiger partial charge in [-0.25, -0.2) is 0 Å². The molecule has 144 valence electrons. The van der Waals surface area contributed by atoms with Crippen LogP contribution in [0.5, 0.6) is 5.75 Å². The van der Waals surface area contributed by atoms with Crippen LogP contribution in [0.25, 0.3) is 0 Å². The van der Waals surface area contributed by atoms with E-state index in [1.165, 1.54) is 19.2 Å². The molecule has 9 nitrogen and oxygen atoms in total. The number of amides is 2. The van der Waals surface area contributed by atoms with Gasteiger partial charge in [-0.1, -0.05) is 0 Å². The minimum Gasteiger partial charge on any atom is -0.490 e. The van der Waals surface area contributed by atoms with E-state index in [9.17, 15) is 19.7 Å². The van der Waals surface area contributed by atoms with E-state index < -0.39 is 4.92 Å². The van der Waals surface area contributed by atoms with E-state index in [0.29, 0.717) is 17.8 Å². The summed E-state index contributed by atoms with van der Waals surface area (Å²) in [5, 5.41) is 16.6. The molecule has 1 aromatic rings. The molecule has 0 heterocycles. The van der Waals surface area contributed by atoms with Gasteiger partial charge >= 0.3 is 5.69 Å². The Bertz CT molecular complexity index is 675. The maximum absolute atomic E-state index is 12.3. The van der Waals surface area contributed by atoms with E-state index in [-0.39, 0.29) is 42.4 Å². The van der Waals surface area contributed by atoms with Crippen LogP contribution in [0.1, 0.15) is 26.3 Å². The fraction of sp³-hybridized carbons (Fsp3) is 0.529. The SMILES string of the molecule is CC[NH+](CC(=O)Nc1cc(OC)c([N+](=O)[O-])cc1C)CC(=O)NC(C)C. The zero-order chi connectivity index (χ0) is 19.9. The van der Waals surface area contributed by atoms with Gasteiger partial charge in [0.1, 0.15) is 0 Å². The molecule has 26 heavy (non-hydrogen) atoms. The first-order valence-electron chi connectivity index (χ1n) is 8.43. The highest BCUT2D eigenvalue weighted by Crippen LogP contribution is 2.32. The smallest absolute Gasteiger partial charge is 0.311 e. The molecule has 3 N–H and O–H groups in total. The average molecular weight is 367 g/mol. The molecule has 1 rings (SSSR count). The van der Waals surface area contributed by atoms with Crippen molar-refractivity contribution in [3.8, 4) is 5.75 Å². The number of quaternary nitrogens is 1. The van der Waals surface area contributed by atoms with Gasteiger partial charge in [0.2, 0.25) is 0 Å².